The first-order valence-corrected chi connectivity index (χ1v) is 8.85. The number of amides is 1. The molecule has 0 aliphatic heterocycles. The highest BCUT2D eigenvalue weighted by atomic mass is 32.2. The number of carbonyl (C=O) groups is 1. The quantitative estimate of drug-likeness (QED) is 0.732. The topological polar surface area (TPSA) is 108 Å². The van der Waals surface area contributed by atoms with E-state index in [9.17, 15) is 13.2 Å². The molecule has 0 saturated carbocycles. The van der Waals surface area contributed by atoms with E-state index in [1.165, 1.54) is 43.5 Å². The molecule has 0 heterocycles. The molecule has 0 atom stereocenters. The number of ether oxygens (including phenoxy) is 1. The Labute approximate surface area is 146 Å². The lowest BCUT2D eigenvalue weighted by atomic mass is 10.2. The van der Waals surface area contributed by atoms with Crippen molar-refractivity contribution in [1.29, 1.82) is 5.26 Å². The fourth-order valence-electron chi connectivity index (χ4n) is 2.03. The molecule has 0 aliphatic rings. The van der Waals surface area contributed by atoms with Gasteiger partial charge in [0.05, 0.1) is 22.8 Å². The van der Waals surface area contributed by atoms with E-state index in [4.69, 9.17) is 10.00 Å². The molecule has 0 radical (unpaired) electrons. The number of nitrogens with one attached hydrogen (secondary N) is 2. The molecule has 0 aliphatic carbocycles. The molecule has 0 spiro atoms. The molecule has 2 aromatic carbocycles. The van der Waals surface area contributed by atoms with Crippen molar-refractivity contribution in [1.82, 2.24) is 5.32 Å². The number of carbonyl (C=O) groups excluding carboxylic acids is 1. The Bertz CT molecular complexity index is 887. The average molecular weight is 359 g/mol. The molecular weight excluding hydrogens is 342 g/mol. The van der Waals surface area contributed by atoms with Gasteiger partial charge in [-0.25, -0.2) is 8.42 Å². The maximum absolute atomic E-state index is 12.4. The maximum Gasteiger partial charge on any atom is 0.261 e. The highest BCUT2D eigenvalue weighted by molar-refractivity contribution is 7.92. The molecular formula is C17H17N3O4S. The van der Waals surface area contributed by atoms with Crippen molar-refractivity contribution in [3.8, 4) is 6.07 Å². The Hall–Kier alpha value is -2.89. The summed E-state index contributed by atoms with van der Waals surface area (Å²) >= 11 is 0. The largest absolute Gasteiger partial charge is 0.383 e. The van der Waals surface area contributed by atoms with E-state index in [2.05, 4.69) is 10.0 Å². The van der Waals surface area contributed by atoms with Crippen LogP contribution in [0.5, 0.6) is 0 Å². The van der Waals surface area contributed by atoms with Gasteiger partial charge in [-0.3, -0.25) is 9.52 Å². The Morgan fingerprint density at radius 3 is 2.48 bits per heavy atom. The molecule has 8 heteroatoms. The van der Waals surface area contributed by atoms with E-state index in [0.717, 1.165) is 0 Å². The minimum absolute atomic E-state index is 0.00585. The van der Waals surface area contributed by atoms with Crippen molar-refractivity contribution < 1.29 is 17.9 Å². The van der Waals surface area contributed by atoms with Crippen molar-refractivity contribution in [2.75, 3.05) is 25.0 Å². The molecule has 0 aromatic heterocycles. The van der Waals surface area contributed by atoms with Gasteiger partial charge in [0.1, 0.15) is 6.07 Å². The number of sulfonamides is 1. The molecule has 1 amide bonds. The average Bonchev–Trinajstić information content (AvgIpc) is 2.62. The summed E-state index contributed by atoms with van der Waals surface area (Å²) in [5.74, 6) is -0.316. The number of nitriles is 1. The summed E-state index contributed by atoms with van der Waals surface area (Å²) in [6.45, 7) is 0.752. The molecule has 2 N–H and O–H groups in total. The first kappa shape index (κ1) is 18.4. The lowest BCUT2D eigenvalue weighted by Crippen LogP contribution is -2.26. The summed E-state index contributed by atoms with van der Waals surface area (Å²) in [5.41, 5.74) is 0.763. The third-order valence-corrected chi connectivity index (χ3v) is 4.69. The highest BCUT2D eigenvalue weighted by Gasteiger charge is 2.16. The Balaban J connectivity index is 2.15. The molecule has 0 saturated heterocycles. The predicted molar refractivity (Wildman–Crippen MR) is 92.6 cm³/mol. The van der Waals surface area contributed by atoms with Gasteiger partial charge in [0, 0.05) is 19.2 Å². The molecule has 0 bridgehead atoms. The Kier molecular flexibility index (Phi) is 6.11. The van der Waals surface area contributed by atoms with Crippen LogP contribution < -0.4 is 10.0 Å². The monoisotopic (exact) mass is 359 g/mol. The third-order valence-electron chi connectivity index (χ3n) is 3.31. The van der Waals surface area contributed by atoms with E-state index >= 15 is 0 Å². The van der Waals surface area contributed by atoms with Gasteiger partial charge < -0.3 is 10.1 Å². The summed E-state index contributed by atoms with van der Waals surface area (Å²) in [6, 6.07) is 13.8. The van der Waals surface area contributed by atoms with Gasteiger partial charge in [0.15, 0.2) is 0 Å². The second-order valence-corrected chi connectivity index (χ2v) is 6.72. The van der Waals surface area contributed by atoms with Gasteiger partial charge in [-0.05, 0) is 36.4 Å². The van der Waals surface area contributed by atoms with Crippen LogP contribution in [0.3, 0.4) is 0 Å². The minimum atomic E-state index is -3.86. The van der Waals surface area contributed by atoms with E-state index in [1.807, 2.05) is 6.07 Å². The molecule has 0 unspecified atom stereocenters. The van der Waals surface area contributed by atoms with Crippen LogP contribution in [0.1, 0.15) is 15.9 Å². The molecule has 25 heavy (non-hydrogen) atoms. The number of rotatable bonds is 7. The van der Waals surface area contributed by atoms with Gasteiger partial charge in [0.25, 0.3) is 15.9 Å². The van der Waals surface area contributed by atoms with Crippen molar-refractivity contribution >= 4 is 21.6 Å². The number of nitrogens with zero attached hydrogens (tertiary/aromatic N) is 1. The Morgan fingerprint density at radius 2 is 1.84 bits per heavy atom. The predicted octanol–water partition coefficient (Wildman–Crippen LogP) is 1.74. The van der Waals surface area contributed by atoms with Crippen LogP contribution in [0.25, 0.3) is 0 Å². The standard InChI is InChI=1S/C17H17N3O4S/c1-24-11-10-19-17(21)13-6-8-15(9-7-13)25(22,23)20-16-5-3-2-4-14(16)12-18/h2-9,20H,10-11H2,1H3,(H,19,21). The first-order chi connectivity index (χ1) is 12.0. The van der Waals surface area contributed by atoms with Crippen molar-refractivity contribution in [2.24, 2.45) is 0 Å². The van der Waals surface area contributed by atoms with E-state index < -0.39 is 10.0 Å². The van der Waals surface area contributed by atoms with E-state index in [0.29, 0.717) is 18.7 Å². The smallest absolute Gasteiger partial charge is 0.261 e. The maximum atomic E-state index is 12.4. The first-order valence-electron chi connectivity index (χ1n) is 7.37. The zero-order valence-electron chi connectivity index (χ0n) is 13.5. The zero-order chi connectivity index (χ0) is 18.3. The van der Waals surface area contributed by atoms with Crippen molar-refractivity contribution in [3.63, 3.8) is 0 Å². The van der Waals surface area contributed by atoms with Crippen LogP contribution in [0.15, 0.2) is 53.4 Å². The van der Waals surface area contributed by atoms with Gasteiger partial charge in [-0.1, -0.05) is 12.1 Å². The van der Waals surface area contributed by atoms with Gasteiger partial charge in [-0.15, -0.1) is 0 Å². The summed E-state index contributed by atoms with van der Waals surface area (Å²) in [6.07, 6.45) is 0. The second kappa shape index (κ2) is 8.28. The van der Waals surface area contributed by atoms with Gasteiger partial charge in [0.2, 0.25) is 0 Å². The van der Waals surface area contributed by atoms with Crippen LogP contribution >= 0.6 is 0 Å². The second-order valence-electron chi connectivity index (χ2n) is 5.04. The summed E-state index contributed by atoms with van der Waals surface area (Å²) in [4.78, 5) is 11.9. The summed E-state index contributed by atoms with van der Waals surface area (Å²) < 4.78 is 32.1. The van der Waals surface area contributed by atoms with Crippen LogP contribution in [0.4, 0.5) is 5.69 Å². The van der Waals surface area contributed by atoms with Gasteiger partial charge >= 0.3 is 0 Å². The fourth-order valence-corrected chi connectivity index (χ4v) is 3.11. The van der Waals surface area contributed by atoms with E-state index in [-0.39, 0.29) is 22.1 Å². The number of benzene rings is 2. The number of methoxy groups -OCH3 is 1. The normalized spacial score (nSPS) is 10.7. The molecule has 2 rings (SSSR count). The van der Waals surface area contributed by atoms with E-state index in [1.54, 1.807) is 12.1 Å². The van der Waals surface area contributed by atoms with Crippen LogP contribution in [-0.4, -0.2) is 34.6 Å². The summed E-state index contributed by atoms with van der Waals surface area (Å²) in [5, 5.41) is 11.7. The van der Waals surface area contributed by atoms with Crippen LogP contribution in [0, 0.1) is 11.3 Å². The SMILES string of the molecule is COCCNC(=O)c1ccc(S(=O)(=O)Nc2ccccc2C#N)cc1. The number of para-hydroxylation sites is 1. The summed E-state index contributed by atoms with van der Waals surface area (Å²) in [7, 11) is -2.33. The molecule has 0 fully saturated rings. The van der Waals surface area contributed by atoms with Crippen LogP contribution in [0.2, 0.25) is 0 Å². The molecule has 2 aromatic rings. The molecule has 7 nitrogen and oxygen atoms in total. The molecule has 130 valence electrons. The number of anilines is 1. The minimum Gasteiger partial charge on any atom is -0.383 e. The van der Waals surface area contributed by atoms with Crippen molar-refractivity contribution in [3.05, 3.63) is 59.7 Å². The van der Waals surface area contributed by atoms with Gasteiger partial charge in [-0.2, -0.15) is 5.26 Å². The lowest BCUT2D eigenvalue weighted by molar-refractivity contribution is 0.0937. The third kappa shape index (κ3) is 4.79. The lowest BCUT2D eigenvalue weighted by Gasteiger charge is -2.10. The number of hydrogen-bond acceptors (Lipinski definition) is 5. The highest BCUT2D eigenvalue weighted by Crippen LogP contribution is 2.19. The fraction of sp³-hybridized carbons (Fsp3) is 0.176. The Morgan fingerprint density at radius 1 is 1.16 bits per heavy atom. The van der Waals surface area contributed by atoms with Crippen molar-refractivity contribution in [2.45, 2.75) is 4.90 Å². The number of hydrogen-bond donors (Lipinski definition) is 2. The van der Waals surface area contributed by atoms with Crippen LogP contribution in [-0.2, 0) is 14.8 Å². The zero-order valence-corrected chi connectivity index (χ0v) is 14.3.